The lowest BCUT2D eigenvalue weighted by Gasteiger charge is -2.17. The van der Waals surface area contributed by atoms with Gasteiger partial charge in [0.15, 0.2) is 5.82 Å². The van der Waals surface area contributed by atoms with Gasteiger partial charge in [0, 0.05) is 49.9 Å². The number of rotatable bonds is 8. The number of allylic oxidation sites excluding steroid dienone is 5. The van der Waals surface area contributed by atoms with E-state index in [2.05, 4.69) is 234 Å². The number of fused-ring (bicyclic) bond motifs is 6. The van der Waals surface area contributed by atoms with Gasteiger partial charge in [-0.1, -0.05) is 158 Å². The number of para-hydroxylation sites is 1. The van der Waals surface area contributed by atoms with Crippen LogP contribution in [-0.4, -0.2) is 19.1 Å². The van der Waals surface area contributed by atoms with Crippen molar-refractivity contribution in [3.63, 3.8) is 0 Å². The molecule has 13 rings (SSSR count). The summed E-state index contributed by atoms with van der Waals surface area (Å²) in [6.45, 7) is 0. The van der Waals surface area contributed by atoms with E-state index in [1.807, 2.05) is 6.07 Å². The zero-order valence-electron chi connectivity index (χ0n) is 37.6. The summed E-state index contributed by atoms with van der Waals surface area (Å²) < 4.78 is 4.90. The normalized spacial score (nSPS) is 13.5. The average Bonchev–Trinajstić information content (AvgIpc) is 3.93. The molecule has 0 unspecified atom stereocenters. The van der Waals surface area contributed by atoms with E-state index in [4.69, 9.17) is 9.97 Å². The van der Waals surface area contributed by atoms with E-state index in [9.17, 15) is 0 Å². The van der Waals surface area contributed by atoms with Crippen LogP contribution in [0.1, 0.15) is 41.9 Å². The van der Waals surface area contributed by atoms with E-state index >= 15 is 0 Å². The SMILES string of the molecule is C1=CCCC(c2nc(-c3ccccc3)cc(-c3ccc(-n4c5ccc(-c6ccccc6)cc5c5cc(-c6ccc7c(c6)c6c(n7-c7ccccc7)CCC(c7ccccc7)=C6)ccc54)cc3)n2)=C1. The molecule has 11 aromatic rings. The van der Waals surface area contributed by atoms with E-state index in [-0.39, 0.29) is 0 Å². The van der Waals surface area contributed by atoms with Gasteiger partial charge in [0.25, 0.3) is 0 Å². The molecule has 68 heavy (non-hydrogen) atoms. The van der Waals surface area contributed by atoms with Gasteiger partial charge in [0.1, 0.15) is 0 Å². The first-order valence-electron chi connectivity index (χ1n) is 23.7. The average molecular weight is 871 g/mol. The van der Waals surface area contributed by atoms with Crippen LogP contribution in [-0.2, 0) is 6.42 Å². The van der Waals surface area contributed by atoms with Crippen LogP contribution in [0.15, 0.2) is 224 Å². The van der Waals surface area contributed by atoms with Crippen LogP contribution in [0, 0.1) is 0 Å². The monoisotopic (exact) mass is 870 g/mol. The molecule has 4 nitrogen and oxygen atoms in total. The van der Waals surface area contributed by atoms with Gasteiger partial charge in [-0.25, -0.2) is 9.97 Å². The molecule has 0 radical (unpaired) electrons. The second kappa shape index (κ2) is 16.7. The van der Waals surface area contributed by atoms with Gasteiger partial charge in [-0.15, -0.1) is 0 Å². The highest BCUT2D eigenvalue weighted by molar-refractivity contribution is 6.12. The zero-order chi connectivity index (χ0) is 45.0. The van der Waals surface area contributed by atoms with Gasteiger partial charge < -0.3 is 9.13 Å². The summed E-state index contributed by atoms with van der Waals surface area (Å²) in [7, 11) is 0. The molecule has 0 fully saturated rings. The summed E-state index contributed by atoms with van der Waals surface area (Å²) >= 11 is 0. The smallest absolute Gasteiger partial charge is 0.156 e. The highest BCUT2D eigenvalue weighted by atomic mass is 15.0. The third-order valence-electron chi connectivity index (χ3n) is 13.9. The molecule has 0 bridgehead atoms. The number of aromatic nitrogens is 4. The molecule has 8 aromatic carbocycles. The Morgan fingerprint density at radius 1 is 0.368 bits per heavy atom. The van der Waals surface area contributed by atoms with Gasteiger partial charge in [-0.3, -0.25) is 0 Å². The molecule has 0 spiro atoms. The lowest BCUT2D eigenvalue weighted by atomic mass is 9.91. The first-order chi connectivity index (χ1) is 33.7. The molecule has 0 saturated carbocycles. The minimum atomic E-state index is 0.795. The van der Waals surface area contributed by atoms with Crippen molar-refractivity contribution in [1.29, 1.82) is 0 Å². The van der Waals surface area contributed by atoms with Crippen molar-refractivity contribution in [3.8, 4) is 56.1 Å². The number of nitrogens with zero attached hydrogens (tertiary/aromatic N) is 4. The van der Waals surface area contributed by atoms with Crippen LogP contribution in [0.2, 0.25) is 0 Å². The van der Waals surface area contributed by atoms with Gasteiger partial charge in [-0.05, 0) is 137 Å². The lowest BCUT2D eigenvalue weighted by Crippen LogP contribution is -2.05. The molecule has 322 valence electrons. The maximum atomic E-state index is 5.17. The molecule has 0 N–H and O–H groups in total. The second-order valence-corrected chi connectivity index (χ2v) is 18.0. The summed E-state index contributed by atoms with van der Waals surface area (Å²) in [6, 6.07) is 74.9. The van der Waals surface area contributed by atoms with E-state index < -0.39 is 0 Å². The maximum absolute atomic E-state index is 5.17. The summed E-state index contributed by atoms with van der Waals surface area (Å²) in [5.41, 5.74) is 21.2. The summed E-state index contributed by atoms with van der Waals surface area (Å²) in [5, 5.41) is 3.72. The van der Waals surface area contributed by atoms with Crippen LogP contribution in [0.3, 0.4) is 0 Å². The second-order valence-electron chi connectivity index (χ2n) is 18.0. The number of hydrogen-bond donors (Lipinski definition) is 0. The zero-order valence-corrected chi connectivity index (χ0v) is 37.6. The minimum absolute atomic E-state index is 0.795. The van der Waals surface area contributed by atoms with Crippen molar-refractivity contribution in [2.24, 2.45) is 0 Å². The molecule has 4 heteroatoms. The highest BCUT2D eigenvalue weighted by Gasteiger charge is 2.23. The quantitative estimate of drug-likeness (QED) is 0.152. The Kier molecular flexibility index (Phi) is 9.75. The van der Waals surface area contributed by atoms with Crippen molar-refractivity contribution in [1.82, 2.24) is 19.1 Å². The van der Waals surface area contributed by atoms with E-state index in [1.165, 1.54) is 88.6 Å². The number of hydrogen-bond acceptors (Lipinski definition) is 2. The van der Waals surface area contributed by atoms with Crippen LogP contribution in [0.25, 0.3) is 106 Å². The Morgan fingerprint density at radius 2 is 0.868 bits per heavy atom. The topological polar surface area (TPSA) is 35.6 Å². The van der Waals surface area contributed by atoms with Crippen molar-refractivity contribution in [2.75, 3.05) is 0 Å². The van der Waals surface area contributed by atoms with Crippen LogP contribution < -0.4 is 0 Å². The van der Waals surface area contributed by atoms with Crippen molar-refractivity contribution >= 4 is 49.9 Å². The summed E-state index contributed by atoms with van der Waals surface area (Å²) in [6.07, 6.45) is 12.9. The lowest BCUT2D eigenvalue weighted by molar-refractivity contribution is 0.898. The van der Waals surface area contributed by atoms with E-state index in [1.54, 1.807) is 0 Å². The maximum Gasteiger partial charge on any atom is 0.156 e. The number of benzene rings is 8. The van der Waals surface area contributed by atoms with Crippen LogP contribution >= 0.6 is 0 Å². The molecular formula is C64H46N4. The van der Waals surface area contributed by atoms with Crippen LogP contribution in [0.4, 0.5) is 0 Å². The highest BCUT2D eigenvalue weighted by Crippen LogP contribution is 2.42. The Bertz CT molecular complexity index is 3800. The molecule has 0 saturated heterocycles. The third kappa shape index (κ3) is 7.01. The first-order valence-corrected chi connectivity index (χ1v) is 23.7. The molecule has 3 heterocycles. The fourth-order valence-corrected chi connectivity index (χ4v) is 10.6. The Morgan fingerprint density at radius 3 is 1.47 bits per heavy atom. The standard InChI is InChI=1S/C64H46N4/c1-6-16-43(17-7-1)48-28-34-60-54(38-48)56-40-50(30-36-61(56)67(60)52-24-14-5-15-25-52)51-31-37-63-57(41-51)55-39-49(44-18-8-2-9-19-44)29-35-62(55)68(63)53-32-26-46(27-33-53)59-42-58(45-20-10-3-11-21-45)65-64(66-59)47-22-12-4-13-23-47/h1-12,14-22,24-27,29-33,35-42H,13,23,28,34H2. The van der Waals surface area contributed by atoms with E-state index in [0.717, 1.165) is 59.7 Å². The summed E-state index contributed by atoms with van der Waals surface area (Å²) in [5.74, 6) is 0.795. The molecular weight excluding hydrogens is 825 g/mol. The van der Waals surface area contributed by atoms with Gasteiger partial charge in [-0.2, -0.15) is 0 Å². The fourth-order valence-electron chi connectivity index (χ4n) is 10.6. The predicted octanol–water partition coefficient (Wildman–Crippen LogP) is 16.4. The molecule has 0 amide bonds. The van der Waals surface area contributed by atoms with Crippen molar-refractivity contribution < 1.29 is 0 Å². The third-order valence-corrected chi connectivity index (χ3v) is 13.9. The van der Waals surface area contributed by atoms with Gasteiger partial charge in [0.2, 0.25) is 0 Å². The Hall–Kier alpha value is -8.60. The van der Waals surface area contributed by atoms with Crippen LogP contribution in [0.5, 0.6) is 0 Å². The predicted molar refractivity (Wildman–Crippen MR) is 284 cm³/mol. The van der Waals surface area contributed by atoms with E-state index in [0.29, 0.717) is 0 Å². The van der Waals surface area contributed by atoms with Crippen molar-refractivity contribution in [3.05, 3.63) is 247 Å². The fraction of sp³-hybridized carbons (Fsp3) is 0.0625. The van der Waals surface area contributed by atoms with Gasteiger partial charge >= 0.3 is 0 Å². The van der Waals surface area contributed by atoms with Crippen molar-refractivity contribution in [2.45, 2.75) is 25.7 Å². The molecule has 2 aliphatic rings. The largest absolute Gasteiger partial charge is 0.313 e. The summed E-state index contributed by atoms with van der Waals surface area (Å²) in [4.78, 5) is 10.3. The molecule has 0 aliphatic heterocycles. The Labute approximate surface area is 396 Å². The molecule has 3 aromatic heterocycles. The molecule has 0 atom stereocenters. The first kappa shape index (κ1) is 39.7. The minimum Gasteiger partial charge on any atom is -0.313 e. The Balaban J connectivity index is 0.949. The molecule has 2 aliphatic carbocycles. The van der Waals surface area contributed by atoms with Gasteiger partial charge in [0.05, 0.1) is 27.9 Å².